The molecule has 0 saturated heterocycles. The highest BCUT2D eigenvalue weighted by molar-refractivity contribution is 5.83. The Hall–Kier alpha value is -4.84. The van der Waals surface area contributed by atoms with Crippen molar-refractivity contribution in [1.29, 1.82) is 0 Å². The van der Waals surface area contributed by atoms with Gasteiger partial charge < -0.3 is 5.32 Å². The van der Waals surface area contributed by atoms with Crippen LogP contribution in [0.1, 0.15) is 11.1 Å². The normalized spacial score (nSPS) is 11.1. The van der Waals surface area contributed by atoms with Crippen LogP contribution in [0.4, 0.5) is 5.95 Å². The Morgan fingerprint density at radius 2 is 1.59 bits per heavy atom. The monoisotopic (exact) mass is 482 g/mol. The van der Waals surface area contributed by atoms with E-state index >= 15 is 0 Å². The molecule has 0 aliphatic rings. The topological polar surface area (TPSA) is 68.5 Å². The van der Waals surface area contributed by atoms with Crippen LogP contribution in [0, 0.1) is 6.92 Å². The molecule has 6 aromatic rings. The summed E-state index contributed by atoms with van der Waals surface area (Å²) < 4.78 is 2.03. The molecule has 0 aliphatic heterocycles. The summed E-state index contributed by atoms with van der Waals surface area (Å²) in [5.74, 6) is 1.37. The lowest BCUT2D eigenvalue weighted by Crippen LogP contribution is -2.10. The van der Waals surface area contributed by atoms with E-state index < -0.39 is 0 Å². The minimum Gasteiger partial charge on any atom is -0.354 e. The summed E-state index contributed by atoms with van der Waals surface area (Å²) in [6, 6.07) is 31.1. The molecule has 0 radical (unpaired) electrons. The van der Waals surface area contributed by atoms with E-state index in [-0.39, 0.29) is 0 Å². The lowest BCUT2D eigenvalue weighted by Gasteiger charge is -2.12. The summed E-state index contributed by atoms with van der Waals surface area (Å²) in [4.78, 5) is 18.6. The first kappa shape index (κ1) is 22.6. The summed E-state index contributed by atoms with van der Waals surface area (Å²) in [7, 11) is 0. The van der Waals surface area contributed by atoms with Gasteiger partial charge in [-0.25, -0.2) is 9.97 Å². The predicted molar refractivity (Wildman–Crippen MR) is 149 cm³/mol. The number of fused-ring (bicyclic) bond motifs is 1. The second-order valence-electron chi connectivity index (χ2n) is 8.97. The summed E-state index contributed by atoms with van der Waals surface area (Å²) in [6.07, 6.45) is 6.33. The molecule has 0 fully saturated rings. The fourth-order valence-electron chi connectivity index (χ4n) is 4.52. The van der Waals surface area contributed by atoms with Gasteiger partial charge in [-0.05, 0) is 59.9 Å². The Bertz CT molecular complexity index is 1660. The third kappa shape index (κ3) is 4.82. The number of imidazole rings is 1. The molecule has 0 atom stereocenters. The van der Waals surface area contributed by atoms with Crippen molar-refractivity contribution in [1.82, 2.24) is 24.5 Å². The van der Waals surface area contributed by atoms with E-state index in [2.05, 4.69) is 71.8 Å². The molecule has 0 amide bonds. The Balaban J connectivity index is 1.38. The number of anilines is 1. The van der Waals surface area contributed by atoms with E-state index in [0.29, 0.717) is 5.95 Å². The SMILES string of the molecule is Cc1ccccc1-c1cc(-n2cnc3cc(-c4ccncc4)ccc32)nc(NCCc2ccccc2)n1. The number of aromatic nitrogens is 5. The van der Waals surface area contributed by atoms with E-state index in [4.69, 9.17) is 15.0 Å². The molecule has 0 spiro atoms. The maximum atomic E-state index is 4.89. The van der Waals surface area contributed by atoms with Crippen LogP contribution in [0.5, 0.6) is 0 Å². The van der Waals surface area contributed by atoms with Crippen LogP contribution in [0.2, 0.25) is 0 Å². The molecule has 6 nitrogen and oxygen atoms in total. The van der Waals surface area contributed by atoms with E-state index in [1.54, 1.807) is 12.4 Å². The quantitative estimate of drug-likeness (QED) is 0.281. The summed E-state index contributed by atoms with van der Waals surface area (Å²) in [5.41, 5.74) is 8.51. The third-order valence-electron chi connectivity index (χ3n) is 6.48. The average Bonchev–Trinajstić information content (AvgIpc) is 3.38. The number of nitrogens with zero attached hydrogens (tertiary/aromatic N) is 5. The summed E-state index contributed by atoms with van der Waals surface area (Å²) in [6.45, 7) is 2.84. The highest BCUT2D eigenvalue weighted by atomic mass is 15.2. The maximum absolute atomic E-state index is 4.89. The number of pyridine rings is 1. The van der Waals surface area contributed by atoms with Gasteiger partial charge in [-0.2, -0.15) is 4.98 Å². The lowest BCUT2D eigenvalue weighted by molar-refractivity contribution is 0.955. The lowest BCUT2D eigenvalue weighted by atomic mass is 10.1. The van der Waals surface area contributed by atoms with Crippen LogP contribution in [0.25, 0.3) is 39.2 Å². The molecule has 3 heterocycles. The fourth-order valence-corrected chi connectivity index (χ4v) is 4.52. The molecule has 6 heteroatoms. The molecule has 0 bridgehead atoms. The van der Waals surface area contributed by atoms with Crippen LogP contribution >= 0.6 is 0 Å². The van der Waals surface area contributed by atoms with Crippen molar-refractivity contribution in [2.24, 2.45) is 0 Å². The standard InChI is InChI=1S/C31H26N6/c1-22-7-5-6-10-26(22)27-20-30(36-31(35-27)33-18-13-23-8-3-2-4-9-23)37-21-34-28-19-25(11-12-29(28)37)24-14-16-32-17-15-24/h2-12,14-17,19-21H,13,18H2,1H3,(H,33,35,36). The third-order valence-corrected chi connectivity index (χ3v) is 6.48. The molecule has 37 heavy (non-hydrogen) atoms. The van der Waals surface area contributed by atoms with Crippen molar-refractivity contribution in [3.05, 3.63) is 121 Å². The van der Waals surface area contributed by atoms with Crippen molar-refractivity contribution in [2.75, 3.05) is 11.9 Å². The Kier molecular flexibility index (Phi) is 6.13. The second kappa shape index (κ2) is 10.0. The van der Waals surface area contributed by atoms with E-state index in [1.807, 2.05) is 47.3 Å². The van der Waals surface area contributed by atoms with E-state index in [0.717, 1.165) is 52.2 Å². The van der Waals surface area contributed by atoms with Gasteiger partial charge in [0, 0.05) is 30.6 Å². The van der Waals surface area contributed by atoms with Gasteiger partial charge in [0.1, 0.15) is 12.1 Å². The minimum absolute atomic E-state index is 0.599. The minimum atomic E-state index is 0.599. The molecule has 180 valence electrons. The molecule has 3 aromatic carbocycles. The predicted octanol–water partition coefficient (Wildman–Crippen LogP) is 6.51. The maximum Gasteiger partial charge on any atom is 0.225 e. The van der Waals surface area contributed by atoms with Gasteiger partial charge >= 0.3 is 0 Å². The molecule has 0 unspecified atom stereocenters. The average molecular weight is 483 g/mol. The van der Waals surface area contributed by atoms with Crippen LogP contribution in [-0.4, -0.2) is 31.0 Å². The first-order chi connectivity index (χ1) is 18.2. The molecule has 3 aromatic heterocycles. The Morgan fingerprint density at radius 1 is 0.784 bits per heavy atom. The first-order valence-corrected chi connectivity index (χ1v) is 12.4. The van der Waals surface area contributed by atoms with Gasteiger partial charge in [-0.15, -0.1) is 0 Å². The summed E-state index contributed by atoms with van der Waals surface area (Å²) in [5, 5.41) is 3.44. The van der Waals surface area contributed by atoms with Gasteiger partial charge in [0.15, 0.2) is 0 Å². The Morgan fingerprint density at radius 3 is 2.43 bits per heavy atom. The number of nitrogens with one attached hydrogen (secondary N) is 1. The van der Waals surface area contributed by atoms with Crippen molar-refractivity contribution in [3.8, 4) is 28.2 Å². The van der Waals surface area contributed by atoms with Gasteiger partial charge in [0.25, 0.3) is 0 Å². The number of benzene rings is 3. The van der Waals surface area contributed by atoms with Crippen LogP contribution in [-0.2, 0) is 6.42 Å². The largest absolute Gasteiger partial charge is 0.354 e. The van der Waals surface area contributed by atoms with Crippen LogP contribution in [0.3, 0.4) is 0 Å². The van der Waals surface area contributed by atoms with Crippen molar-refractivity contribution < 1.29 is 0 Å². The molecule has 6 rings (SSSR count). The second-order valence-corrected chi connectivity index (χ2v) is 8.97. The van der Waals surface area contributed by atoms with Crippen LogP contribution < -0.4 is 5.32 Å². The fraction of sp³-hybridized carbons (Fsp3) is 0.0968. The molecule has 0 saturated carbocycles. The van der Waals surface area contributed by atoms with Gasteiger partial charge in [0.2, 0.25) is 5.95 Å². The smallest absolute Gasteiger partial charge is 0.225 e. The zero-order chi connectivity index (χ0) is 25.0. The number of hydrogen-bond donors (Lipinski definition) is 1. The van der Waals surface area contributed by atoms with Gasteiger partial charge in [-0.1, -0.05) is 60.7 Å². The van der Waals surface area contributed by atoms with Crippen molar-refractivity contribution >= 4 is 17.0 Å². The first-order valence-electron chi connectivity index (χ1n) is 12.4. The zero-order valence-corrected chi connectivity index (χ0v) is 20.5. The Labute approximate surface area is 215 Å². The number of hydrogen-bond acceptors (Lipinski definition) is 5. The van der Waals surface area contributed by atoms with E-state index in [9.17, 15) is 0 Å². The van der Waals surface area contributed by atoms with Gasteiger partial charge in [0.05, 0.1) is 16.7 Å². The van der Waals surface area contributed by atoms with Crippen LogP contribution in [0.15, 0.2) is 110 Å². The highest BCUT2D eigenvalue weighted by Crippen LogP contribution is 2.28. The molecular weight excluding hydrogens is 456 g/mol. The number of aryl methyl sites for hydroxylation is 1. The molecular formula is C31H26N6. The molecule has 0 aliphatic carbocycles. The highest BCUT2D eigenvalue weighted by Gasteiger charge is 2.13. The van der Waals surface area contributed by atoms with Crippen molar-refractivity contribution in [2.45, 2.75) is 13.3 Å². The number of rotatable bonds is 7. The zero-order valence-electron chi connectivity index (χ0n) is 20.5. The van der Waals surface area contributed by atoms with E-state index in [1.165, 1.54) is 11.1 Å². The van der Waals surface area contributed by atoms with Crippen molar-refractivity contribution in [3.63, 3.8) is 0 Å². The molecule has 1 N–H and O–H groups in total. The van der Waals surface area contributed by atoms with Gasteiger partial charge in [-0.3, -0.25) is 9.55 Å². The summed E-state index contributed by atoms with van der Waals surface area (Å²) >= 11 is 0.